The number of nitrogens with zero attached hydrogens (tertiary/aromatic N) is 4. The average molecular weight is 1700 g/mol. The molecule has 0 amide bonds. The Bertz CT molecular complexity index is 1220. The van der Waals surface area contributed by atoms with E-state index in [-0.39, 0.29) is 27.3 Å². The Morgan fingerprint density at radius 3 is 0.299 bits per heavy atom. The molecule has 0 spiro atoms. The van der Waals surface area contributed by atoms with Gasteiger partial charge in [0, 0.05) is 52.4 Å². The van der Waals surface area contributed by atoms with Gasteiger partial charge >= 0.3 is 27.3 Å². The molecule has 0 radical (unpaired) electrons. The molecular weight excluding hydrogens is 1530 g/mol. The topological polar surface area (TPSA) is 13.0 Å². The molecule has 13 heteroatoms. The second-order valence-electron chi connectivity index (χ2n) is 28.8. The van der Waals surface area contributed by atoms with Crippen molar-refractivity contribution in [2.24, 2.45) is 0 Å². The summed E-state index contributed by atoms with van der Waals surface area (Å²) in [5.74, 6) is 0. The standard InChI is InChI=1S/4C21H43NS2.Pb/c4*1-3-5-7-9-11-13-15-17-19-22(21(23)24)20-18-16-14-12-10-8-6-4-2;/h4*3-20H2,1-2H3,(H,23,24);/q;;;;+4/p-4. The molecule has 97 heavy (non-hydrogen) atoms. The Balaban J connectivity index is -0.000000386. The average Bonchev–Trinajstić information content (AvgIpc) is 3.07. The van der Waals surface area contributed by atoms with Gasteiger partial charge in [-0.25, -0.2) is 0 Å². The molecule has 4 nitrogen and oxygen atoms in total. The third-order valence-corrected chi connectivity index (χ3v) is 21.4. The molecule has 0 unspecified atom stereocenters. The minimum atomic E-state index is 0. The van der Waals surface area contributed by atoms with E-state index in [1.807, 2.05) is 0 Å². The summed E-state index contributed by atoms with van der Waals surface area (Å²) >= 11 is 42.0. The molecule has 0 N–H and O–H groups in total. The molecule has 0 aliphatic rings. The van der Waals surface area contributed by atoms with E-state index < -0.39 is 0 Å². The molecule has 0 aliphatic carbocycles. The third-order valence-electron chi connectivity index (χ3n) is 19.3. The van der Waals surface area contributed by atoms with Crippen LogP contribution in [0, 0.1) is 0 Å². The maximum atomic E-state index is 5.25. The molecule has 0 aromatic carbocycles. The molecule has 0 rings (SSSR count). The zero-order chi connectivity index (χ0) is 71.5. The minimum Gasteiger partial charge on any atom is -0.411 e. The minimum absolute atomic E-state index is 0. The van der Waals surface area contributed by atoms with Crippen molar-refractivity contribution in [1.82, 2.24) is 19.6 Å². The van der Waals surface area contributed by atoms with Crippen molar-refractivity contribution in [1.29, 1.82) is 0 Å². The Morgan fingerprint density at radius 1 is 0.155 bits per heavy atom. The zero-order valence-electron chi connectivity index (χ0n) is 66.5. The molecule has 0 aliphatic heterocycles. The molecule has 0 bridgehead atoms. The van der Waals surface area contributed by atoms with Crippen LogP contribution in [0.25, 0.3) is 0 Å². The summed E-state index contributed by atoms with van der Waals surface area (Å²) in [5, 5.41) is 0. The first-order valence-corrected chi connectivity index (χ1v) is 46.0. The smallest absolute Gasteiger partial charge is 0.411 e. The van der Waals surface area contributed by atoms with E-state index in [2.05, 4.69) is 75.0 Å². The molecule has 0 atom stereocenters. The van der Waals surface area contributed by atoms with E-state index >= 15 is 0 Å². The van der Waals surface area contributed by atoms with Crippen LogP contribution in [0.15, 0.2) is 0 Å². The normalized spacial score (nSPS) is 10.8. The van der Waals surface area contributed by atoms with Crippen LogP contribution in [0.3, 0.4) is 0 Å². The molecule has 0 fully saturated rings. The van der Waals surface area contributed by atoms with Gasteiger partial charge < -0.3 is 119 Å². The van der Waals surface area contributed by atoms with Gasteiger partial charge in [0.1, 0.15) is 0 Å². The summed E-state index contributed by atoms with van der Waals surface area (Å²) in [6.07, 6.45) is 87.4. The predicted molar refractivity (Wildman–Crippen MR) is 473 cm³/mol. The van der Waals surface area contributed by atoms with Gasteiger partial charge in [-0.15, -0.1) is 0 Å². The molecule has 0 saturated carbocycles. The van der Waals surface area contributed by atoms with Crippen molar-refractivity contribution in [3.63, 3.8) is 0 Å². The second-order valence-corrected chi connectivity index (χ2v) is 32.9. The molecule has 0 aromatic heterocycles. The summed E-state index contributed by atoms with van der Waals surface area (Å²) in [6, 6.07) is 0. The number of rotatable bonds is 72. The Hall–Kier alpha value is 1.36. The summed E-state index contributed by atoms with van der Waals surface area (Å²) < 4.78 is 2.73. The van der Waals surface area contributed by atoms with Gasteiger partial charge in [-0.2, -0.15) is 0 Å². The van der Waals surface area contributed by atoms with Crippen LogP contribution in [0.4, 0.5) is 0 Å². The third kappa shape index (κ3) is 93.4. The van der Waals surface area contributed by atoms with Crippen molar-refractivity contribution < 1.29 is 0 Å². The fourth-order valence-corrected chi connectivity index (χ4v) is 14.1. The van der Waals surface area contributed by atoms with Crippen LogP contribution in [0.1, 0.15) is 466 Å². The van der Waals surface area contributed by atoms with Crippen LogP contribution in [-0.2, 0) is 50.5 Å². The van der Waals surface area contributed by atoms with Crippen LogP contribution in [0.5, 0.6) is 0 Å². The van der Waals surface area contributed by atoms with Crippen LogP contribution in [-0.4, -0.2) is 117 Å². The number of thiocarbonyl (C=S) groups is 4. The zero-order valence-corrected chi connectivity index (χ0v) is 76.9. The fraction of sp³-hybridized carbons (Fsp3) is 0.952. The molecule has 0 saturated heterocycles. The molecule has 0 aromatic rings. The monoisotopic (exact) mass is 1700 g/mol. The first kappa shape index (κ1) is 107. The first-order valence-electron chi connectivity index (χ1n) is 42.7. The van der Waals surface area contributed by atoms with E-state index in [0.717, 1.165) is 52.4 Å². The summed E-state index contributed by atoms with van der Waals surface area (Å²) in [7, 11) is 0. The van der Waals surface area contributed by atoms with E-state index in [9.17, 15) is 0 Å². The van der Waals surface area contributed by atoms with Gasteiger partial charge in [-0.3, -0.25) is 0 Å². The SMILES string of the molecule is CCCCCCCCCCN(CCCCCCCCCC)C(=S)[S-].CCCCCCCCCCN(CCCCCCCCCC)C(=S)[S-].CCCCCCCCCCN(CCCCCCCCCC)C(=S)[S-].CCCCCCCCCCN(CCCCCCCCCC)C(=S)[S-].[Pb+4]. The predicted octanol–water partition coefficient (Wildman–Crippen LogP) is 29.2. The molecule has 0 heterocycles. The van der Waals surface area contributed by atoms with Gasteiger partial charge in [0.05, 0.1) is 0 Å². The van der Waals surface area contributed by atoms with Gasteiger partial charge in [0.2, 0.25) is 0 Å². The Kier molecular flexibility index (Phi) is 105. The van der Waals surface area contributed by atoms with Crippen LogP contribution < -0.4 is 0 Å². The maximum Gasteiger partial charge on any atom is 4.00 e. The van der Waals surface area contributed by atoms with Gasteiger partial charge in [-0.1, -0.05) is 432 Å². The fourth-order valence-electron chi connectivity index (χ4n) is 12.7. The van der Waals surface area contributed by atoms with Crippen LogP contribution >= 0.6 is 48.9 Å². The Morgan fingerprint density at radius 2 is 0.227 bits per heavy atom. The van der Waals surface area contributed by atoms with E-state index in [1.54, 1.807) is 0 Å². The van der Waals surface area contributed by atoms with Gasteiger partial charge in [0.25, 0.3) is 0 Å². The van der Waals surface area contributed by atoms with E-state index in [0.29, 0.717) is 17.3 Å². The van der Waals surface area contributed by atoms with Crippen LogP contribution in [0.2, 0.25) is 0 Å². The van der Waals surface area contributed by atoms with Crippen molar-refractivity contribution in [2.75, 3.05) is 52.4 Å². The summed E-state index contributed by atoms with van der Waals surface area (Å²) in [4.78, 5) is 9.05. The van der Waals surface area contributed by atoms with Crippen molar-refractivity contribution in [2.45, 2.75) is 466 Å². The van der Waals surface area contributed by atoms with Gasteiger partial charge in [0.15, 0.2) is 0 Å². The Labute approximate surface area is 675 Å². The number of unbranched alkanes of at least 4 members (excludes halogenated alkanes) is 56. The molecular formula is C84H168N4PbS8. The van der Waals surface area contributed by atoms with E-state index in [1.165, 1.54) is 411 Å². The van der Waals surface area contributed by atoms with Crippen molar-refractivity contribution >= 4 is 144 Å². The number of hydrogen-bond donors (Lipinski definition) is 0. The number of hydrogen-bond acceptors (Lipinski definition) is 8. The second kappa shape index (κ2) is 95.4. The summed E-state index contributed by atoms with van der Waals surface area (Å²) in [5.41, 5.74) is 0. The quantitative estimate of drug-likeness (QED) is 0.0249. The van der Waals surface area contributed by atoms with Gasteiger partial charge in [-0.05, 0) is 51.4 Å². The molecule has 576 valence electrons. The van der Waals surface area contributed by atoms with Crippen molar-refractivity contribution in [3.05, 3.63) is 0 Å². The first-order chi connectivity index (χ1) is 46.9. The summed E-state index contributed by atoms with van der Waals surface area (Å²) in [6.45, 7) is 26.8. The van der Waals surface area contributed by atoms with Crippen molar-refractivity contribution in [3.8, 4) is 0 Å². The van der Waals surface area contributed by atoms with E-state index in [4.69, 9.17) is 99.4 Å². The largest absolute Gasteiger partial charge is 4.00 e. The maximum absolute atomic E-state index is 5.25.